The molecule has 1 heterocycles. The molecule has 2 N–H and O–H groups in total. The Morgan fingerprint density at radius 2 is 1.62 bits per heavy atom. The summed E-state index contributed by atoms with van der Waals surface area (Å²) in [5.41, 5.74) is 3.22. The van der Waals surface area contributed by atoms with Crippen molar-refractivity contribution in [3.05, 3.63) is 87.5 Å². The van der Waals surface area contributed by atoms with E-state index in [1.165, 1.54) is 6.07 Å². The number of rotatable bonds is 9. The molecule has 0 atom stereocenters. The Bertz CT molecular complexity index is 1400. The molecule has 3 aromatic carbocycles. The normalized spacial score (nSPS) is 13.2. The summed E-state index contributed by atoms with van der Waals surface area (Å²) in [6.07, 6.45) is 0. The summed E-state index contributed by atoms with van der Waals surface area (Å²) in [4.78, 5) is 41.5. The number of ether oxygens (including phenoxy) is 1. The number of nitro benzene ring substituents is 1. The van der Waals surface area contributed by atoms with Gasteiger partial charge < -0.3 is 25.2 Å². The van der Waals surface area contributed by atoms with Crippen LogP contribution in [0.25, 0.3) is 0 Å². The number of nitrogens with one attached hydrogen (secondary N) is 2. The first-order valence-electron chi connectivity index (χ1n) is 13.3. The maximum atomic E-state index is 13.3. The van der Waals surface area contributed by atoms with E-state index in [2.05, 4.69) is 20.4 Å². The summed E-state index contributed by atoms with van der Waals surface area (Å²) in [6.45, 7) is 9.07. The molecule has 4 rings (SSSR count). The maximum absolute atomic E-state index is 13.3. The number of carbonyl (C=O) groups is 2. The van der Waals surface area contributed by atoms with Gasteiger partial charge in [-0.1, -0.05) is 32.0 Å². The van der Waals surface area contributed by atoms with Crippen LogP contribution in [0.3, 0.4) is 0 Å². The third kappa shape index (κ3) is 6.51. The van der Waals surface area contributed by atoms with Gasteiger partial charge in [-0.25, -0.2) is 0 Å². The monoisotopic (exact) mass is 545 g/mol. The van der Waals surface area contributed by atoms with Crippen LogP contribution in [0.15, 0.2) is 60.7 Å². The lowest BCUT2D eigenvalue weighted by molar-refractivity contribution is -0.385. The number of hydrogen-bond donors (Lipinski definition) is 2. The van der Waals surface area contributed by atoms with Crippen molar-refractivity contribution in [3.63, 3.8) is 0 Å². The van der Waals surface area contributed by atoms with Crippen LogP contribution >= 0.6 is 0 Å². The minimum atomic E-state index is -0.508. The van der Waals surface area contributed by atoms with Crippen LogP contribution in [0.5, 0.6) is 5.75 Å². The fraction of sp³-hybridized carbons (Fsp3) is 0.333. The second-order valence-corrected chi connectivity index (χ2v) is 10.2. The zero-order valence-electron chi connectivity index (χ0n) is 23.3. The van der Waals surface area contributed by atoms with Gasteiger partial charge in [0, 0.05) is 61.3 Å². The molecule has 0 unspecified atom stereocenters. The second kappa shape index (κ2) is 12.5. The minimum absolute atomic E-state index is 0.121. The number of piperazine rings is 1. The van der Waals surface area contributed by atoms with Crippen LogP contribution < -0.4 is 25.2 Å². The van der Waals surface area contributed by atoms with Gasteiger partial charge in [0.25, 0.3) is 17.5 Å². The number of amides is 2. The van der Waals surface area contributed by atoms with E-state index in [1.54, 1.807) is 38.3 Å². The van der Waals surface area contributed by atoms with Crippen molar-refractivity contribution in [1.29, 1.82) is 0 Å². The van der Waals surface area contributed by atoms with Gasteiger partial charge in [0.05, 0.1) is 23.3 Å². The molecule has 1 saturated heterocycles. The van der Waals surface area contributed by atoms with E-state index in [-0.39, 0.29) is 23.1 Å². The molecule has 1 aliphatic rings. The van der Waals surface area contributed by atoms with E-state index in [0.717, 1.165) is 30.2 Å². The first-order chi connectivity index (χ1) is 19.2. The van der Waals surface area contributed by atoms with Crippen molar-refractivity contribution >= 4 is 34.6 Å². The Labute approximate surface area is 234 Å². The van der Waals surface area contributed by atoms with Crippen LogP contribution in [-0.4, -0.2) is 56.6 Å². The van der Waals surface area contributed by atoms with E-state index in [4.69, 9.17) is 4.74 Å². The van der Waals surface area contributed by atoms with Crippen LogP contribution in [0.1, 0.15) is 40.1 Å². The molecule has 1 aliphatic heterocycles. The lowest BCUT2D eigenvalue weighted by Crippen LogP contribution is -2.47. The lowest BCUT2D eigenvalue weighted by Gasteiger charge is -2.38. The summed E-state index contributed by atoms with van der Waals surface area (Å²) in [5.74, 6) is 0.383. The van der Waals surface area contributed by atoms with Gasteiger partial charge in [0.15, 0.2) is 0 Å². The quantitative estimate of drug-likeness (QED) is 0.291. The fourth-order valence-corrected chi connectivity index (χ4v) is 4.69. The Kier molecular flexibility index (Phi) is 8.88. The molecule has 40 heavy (non-hydrogen) atoms. The molecule has 0 radical (unpaired) electrons. The van der Waals surface area contributed by atoms with Gasteiger partial charge >= 0.3 is 0 Å². The van der Waals surface area contributed by atoms with Crippen molar-refractivity contribution in [3.8, 4) is 5.75 Å². The standard InChI is InChI=1S/C30H35N5O5/c1-20(2)19-31-30(37)24-18-23(32-29(36)22-10-9-21(3)27(17-22)35(38)39)11-12-25(24)33-13-15-34(16-14-33)26-7-5-6-8-28(26)40-4/h5-12,17-18,20H,13-16,19H2,1-4H3,(H,31,37)(H,32,36). The number of aryl methyl sites for hydroxylation is 1. The molecule has 10 nitrogen and oxygen atoms in total. The number of carbonyl (C=O) groups excluding carboxylic acids is 2. The highest BCUT2D eigenvalue weighted by molar-refractivity contribution is 6.06. The molecule has 0 saturated carbocycles. The predicted octanol–water partition coefficient (Wildman–Crippen LogP) is 4.88. The molecule has 210 valence electrons. The summed E-state index contributed by atoms with van der Waals surface area (Å²) in [6, 6.07) is 17.5. The van der Waals surface area contributed by atoms with Gasteiger partial charge in [-0.3, -0.25) is 19.7 Å². The summed E-state index contributed by atoms with van der Waals surface area (Å²) < 4.78 is 5.53. The van der Waals surface area contributed by atoms with Crippen molar-refractivity contribution in [2.45, 2.75) is 20.8 Å². The average molecular weight is 546 g/mol. The maximum Gasteiger partial charge on any atom is 0.273 e. The SMILES string of the molecule is COc1ccccc1N1CCN(c2ccc(NC(=O)c3ccc(C)c([N+](=O)[O-])c3)cc2C(=O)NCC(C)C)CC1. The second-order valence-electron chi connectivity index (χ2n) is 10.2. The number of benzene rings is 3. The molecular weight excluding hydrogens is 510 g/mol. The number of anilines is 3. The molecule has 10 heteroatoms. The van der Waals surface area contributed by atoms with Crippen molar-refractivity contribution in [1.82, 2.24) is 5.32 Å². The van der Waals surface area contributed by atoms with Crippen molar-refractivity contribution in [2.24, 2.45) is 5.92 Å². The Balaban J connectivity index is 1.56. The zero-order valence-corrected chi connectivity index (χ0v) is 23.3. The Morgan fingerprint density at radius 3 is 2.27 bits per heavy atom. The third-order valence-electron chi connectivity index (χ3n) is 6.88. The predicted molar refractivity (Wildman–Crippen MR) is 157 cm³/mol. The number of para-hydroxylation sites is 2. The van der Waals surface area contributed by atoms with Crippen LogP contribution in [-0.2, 0) is 0 Å². The van der Waals surface area contributed by atoms with Crippen molar-refractivity contribution < 1.29 is 19.2 Å². The smallest absolute Gasteiger partial charge is 0.273 e. The van der Waals surface area contributed by atoms with Crippen molar-refractivity contribution in [2.75, 3.05) is 55.0 Å². The van der Waals surface area contributed by atoms with Gasteiger partial charge in [-0.15, -0.1) is 0 Å². The molecular formula is C30H35N5O5. The summed E-state index contributed by atoms with van der Waals surface area (Å²) in [7, 11) is 1.66. The average Bonchev–Trinajstić information content (AvgIpc) is 2.96. The van der Waals surface area contributed by atoms with Gasteiger partial charge in [-0.2, -0.15) is 0 Å². The fourth-order valence-electron chi connectivity index (χ4n) is 4.69. The van der Waals surface area contributed by atoms with Crippen LogP contribution in [0.2, 0.25) is 0 Å². The first kappa shape index (κ1) is 28.4. The molecule has 0 aromatic heterocycles. The van der Waals surface area contributed by atoms with E-state index in [9.17, 15) is 19.7 Å². The zero-order chi connectivity index (χ0) is 28.8. The third-order valence-corrected chi connectivity index (χ3v) is 6.88. The molecule has 0 bridgehead atoms. The first-order valence-corrected chi connectivity index (χ1v) is 13.3. The largest absolute Gasteiger partial charge is 0.495 e. The van der Waals surface area contributed by atoms with E-state index >= 15 is 0 Å². The Morgan fingerprint density at radius 1 is 0.950 bits per heavy atom. The van der Waals surface area contributed by atoms with Gasteiger partial charge in [-0.05, 0) is 49.2 Å². The van der Waals surface area contributed by atoms with Crippen LogP contribution in [0.4, 0.5) is 22.7 Å². The van der Waals surface area contributed by atoms with E-state index in [1.807, 2.05) is 44.2 Å². The topological polar surface area (TPSA) is 117 Å². The highest BCUT2D eigenvalue weighted by atomic mass is 16.6. The van der Waals surface area contributed by atoms with E-state index < -0.39 is 10.8 Å². The van der Waals surface area contributed by atoms with Crippen LogP contribution in [0, 0.1) is 23.0 Å². The summed E-state index contributed by atoms with van der Waals surface area (Å²) >= 11 is 0. The highest BCUT2D eigenvalue weighted by Gasteiger charge is 2.24. The Hall–Kier alpha value is -4.60. The molecule has 0 spiro atoms. The number of nitrogens with zero attached hydrogens (tertiary/aromatic N) is 3. The minimum Gasteiger partial charge on any atom is -0.495 e. The van der Waals surface area contributed by atoms with Gasteiger partial charge in [0.1, 0.15) is 5.75 Å². The molecule has 0 aliphatic carbocycles. The summed E-state index contributed by atoms with van der Waals surface area (Å²) in [5, 5.41) is 17.1. The number of hydrogen-bond acceptors (Lipinski definition) is 7. The molecule has 1 fully saturated rings. The van der Waals surface area contributed by atoms with Gasteiger partial charge in [0.2, 0.25) is 0 Å². The number of nitro groups is 1. The molecule has 3 aromatic rings. The lowest BCUT2D eigenvalue weighted by atomic mass is 10.1. The number of methoxy groups -OCH3 is 1. The highest BCUT2D eigenvalue weighted by Crippen LogP contribution is 2.31. The van der Waals surface area contributed by atoms with E-state index in [0.29, 0.717) is 36.4 Å². The molecule has 2 amide bonds.